The van der Waals surface area contributed by atoms with Gasteiger partial charge in [0.15, 0.2) is 6.29 Å². The maximum absolute atomic E-state index is 10.7. The zero-order valence-corrected chi connectivity index (χ0v) is 7.45. The van der Waals surface area contributed by atoms with Gasteiger partial charge in [0.25, 0.3) is 0 Å². The van der Waals surface area contributed by atoms with Crippen molar-refractivity contribution in [2.45, 2.75) is 39.4 Å². The minimum Gasteiger partial charge on any atom is -0.481 e. The van der Waals surface area contributed by atoms with Gasteiger partial charge < -0.3 is 15.3 Å². The van der Waals surface area contributed by atoms with Crippen LogP contribution in [0.4, 0.5) is 0 Å². The van der Waals surface area contributed by atoms with Crippen LogP contribution in [0.5, 0.6) is 0 Å². The Balaban J connectivity index is 4.28. The van der Waals surface area contributed by atoms with Crippen molar-refractivity contribution in [3.63, 3.8) is 0 Å². The Morgan fingerprint density at radius 2 is 2.00 bits per heavy atom. The van der Waals surface area contributed by atoms with E-state index < -0.39 is 17.7 Å². The second-order valence-corrected chi connectivity index (χ2v) is 3.30. The Morgan fingerprint density at radius 3 is 2.25 bits per heavy atom. The third-order valence-corrected chi connectivity index (χ3v) is 1.95. The molecule has 0 aromatic rings. The van der Waals surface area contributed by atoms with E-state index in [0.29, 0.717) is 6.42 Å². The standard InChI is InChI=1S/C8H16O4/c1-3-4-8(2,7(11)12)5-6(9)10/h6,9-10H,3-5H2,1-2H3,(H,11,12). The molecule has 0 rings (SSSR count). The van der Waals surface area contributed by atoms with Gasteiger partial charge in [-0.05, 0) is 13.3 Å². The summed E-state index contributed by atoms with van der Waals surface area (Å²) in [6, 6.07) is 0. The first-order valence-electron chi connectivity index (χ1n) is 4.02. The largest absolute Gasteiger partial charge is 0.481 e. The highest BCUT2D eigenvalue weighted by atomic mass is 16.5. The normalized spacial score (nSPS) is 16.1. The fraction of sp³-hybridized carbons (Fsp3) is 0.875. The summed E-state index contributed by atoms with van der Waals surface area (Å²) in [6.07, 6.45) is -0.483. The van der Waals surface area contributed by atoms with Crippen molar-refractivity contribution in [2.75, 3.05) is 0 Å². The molecule has 3 N–H and O–H groups in total. The number of carboxylic acid groups (broad SMARTS) is 1. The lowest BCUT2D eigenvalue weighted by Gasteiger charge is -2.24. The fourth-order valence-corrected chi connectivity index (χ4v) is 1.25. The molecule has 0 aliphatic carbocycles. The minimum absolute atomic E-state index is 0.115. The van der Waals surface area contributed by atoms with E-state index in [1.165, 1.54) is 6.92 Å². The Hall–Kier alpha value is -0.610. The second kappa shape index (κ2) is 4.42. The molecule has 0 aliphatic rings. The highest BCUT2D eigenvalue weighted by molar-refractivity contribution is 5.74. The van der Waals surface area contributed by atoms with Crippen LogP contribution in [0, 0.1) is 5.41 Å². The van der Waals surface area contributed by atoms with Crippen LogP contribution in [0.2, 0.25) is 0 Å². The molecule has 0 amide bonds. The third kappa shape index (κ3) is 3.19. The van der Waals surface area contributed by atoms with Crippen molar-refractivity contribution in [1.29, 1.82) is 0 Å². The molecule has 0 aromatic carbocycles. The maximum Gasteiger partial charge on any atom is 0.309 e. The number of aliphatic hydroxyl groups is 2. The van der Waals surface area contributed by atoms with Crippen LogP contribution in [-0.2, 0) is 4.79 Å². The van der Waals surface area contributed by atoms with Gasteiger partial charge in [0.05, 0.1) is 5.41 Å². The second-order valence-electron chi connectivity index (χ2n) is 3.30. The molecule has 4 heteroatoms. The Labute approximate surface area is 71.8 Å². The molecular weight excluding hydrogens is 160 g/mol. The van der Waals surface area contributed by atoms with Crippen molar-refractivity contribution in [2.24, 2.45) is 5.41 Å². The molecule has 0 saturated carbocycles. The van der Waals surface area contributed by atoms with Crippen molar-refractivity contribution in [3.05, 3.63) is 0 Å². The van der Waals surface area contributed by atoms with Crippen molar-refractivity contribution in [1.82, 2.24) is 0 Å². The predicted octanol–water partition coefficient (Wildman–Crippen LogP) is 0.578. The van der Waals surface area contributed by atoms with E-state index in [0.717, 1.165) is 6.42 Å². The summed E-state index contributed by atoms with van der Waals surface area (Å²) in [7, 11) is 0. The number of aliphatic carboxylic acids is 1. The Morgan fingerprint density at radius 1 is 1.50 bits per heavy atom. The molecule has 1 unspecified atom stereocenters. The van der Waals surface area contributed by atoms with Crippen LogP contribution in [0.15, 0.2) is 0 Å². The van der Waals surface area contributed by atoms with Gasteiger partial charge in [0.2, 0.25) is 0 Å². The zero-order valence-electron chi connectivity index (χ0n) is 7.45. The van der Waals surface area contributed by atoms with Crippen LogP contribution in [-0.4, -0.2) is 27.6 Å². The van der Waals surface area contributed by atoms with Gasteiger partial charge in [0, 0.05) is 6.42 Å². The molecule has 0 spiro atoms. The summed E-state index contributed by atoms with van der Waals surface area (Å²) in [5, 5.41) is 26.1. The molecule has 0 bridgehead atoms. The molecule has 0 aliphatic heterocycles. The Kier molecular flexibility index (Phi) is 4.20. The fourth-order valence-electron chi connectivity index (χ4n) is 1.25. The zero-order chi connectivity index (χ0) is 9.78. The molecule has 4 nitrogen and oxygen atoms in total. The average molecular weight is 176 g/mol. The van der Waals surface area contributed by atoms with Gasteiger partial charge in [0.1, 0.15) is 0 Å². The van der Waals surface area contributed by atoms with E-state index in [4.69, 9.17) is 15.3 Å². The highest BCUT2D eigenvalue weighted by Gasteiger charge is 2.33. The van der Waals surface area contributed by atoms with Crippen molar-refractivity contribution >= 4 is 5.97 Å². The lowest BCUT2D eigenvalue weighted by molar-refractivity contribution is -0.155. The summed E-state index contributed by atoms with van der Waals surface area (Å²) < 4.78 is 0. The molecule has 0 heterocycles. The lowest BCUT2D eigenvalue weighted by Crippen LogP contribution is -2.31. The number of hydrogen-bond acceptors (Lipinski definition) is 3. The summed E-state index contributed by atoms with van der Waals surface area (Å²) >= 11 is 0. The first-order chi connectivity index (χ1) is 5.42. The first kappa shape index (κ1) is 11.4. The lowest BCUT2D eigenvalue weighted by atomic mass is 9.82. The molecule has 12 heavy (non-hydrogen) atoms. The number of carbonyl (C=O) groups is 1. The van der Waals surface area contributed by atoms with E-state index in [1.54, 1.807) is 0 Å². The number of hydrogen-bond donors (Lipinski definition) is 3. The monoisotopic (exact) mass is 176 g/mol. The van der Waals surface area contributed by atoms with Crippen molar-refractivity contribution in [3.8, 4) is 0 Å². The minimum atomic E-state index is -1.54. The number of aliphatic hydroxyl groups excluding tert-OH is 1. The summed E-state index contributed by atoms with van der Waals surface area (Å²) in [6.45, 7) is 3.39. The van der Waals surface area contributed by atoms with Crippen LogP contribution in [0.25, 0.3) is 0 Å². The van der Waals surface area contributed by atoms with Gasteiger partial charge in [-0.25, -0.2) is 0 Å². The topological polar surface area (TPSA) is 77.8 Å². The van der Waals surface area contributed by atoms with Gasteiger partial charge in [-0.15, -0.1) is 0 Å². The molecule has 72 valence electrons. The van der Waals surface area contributed by atoms with E-state index in [1.807, 2.05) is 6.92 Å². The third-order valence-electron chi connectivity index (χ3n) is 1.95. The smallest absolute Gasteiger partial charge is 0.309 e. The SMILES string of the molecule is CCCC(C)(CC(O)O)C(=O)O. The van der Waals surface area contributed by atoms with Gasteiger partial charge in [-0.1, -0.05) is 13.3 Å². The summed E-state index contributed by atoms with van der Waals surface area (Å²) in [4.78, 5) is 10.7. The molecule has 0 aromatic heterocycles. The van der Waals surface area contributed by atoms with Gasteiger partial charge in [-0.3, -0.25) is 4.79 Å². The molecular formula is C8H16O4. The quantitative estimate of drug-likeness (QED) is 0.535. The molecule has 1 atom stereocenters. The maximum atomic E-state index is 10.7. The number of carboxylic acids is 1. The van der Waals surface area contributed by atoms with Crippen LogP contribution in [0.1, 0.15) is 33.1 Å². The van der Waals surface area contributed by atoms with Crippen molar-refractivity contribution < 1.29 is 20.1 Å². The number of rotatable bonds is 5. The van der Waals surface area contributed by atoms with Crippen LogP contribution < -0.4 is 0 Å². The van der Waals surface area contributed by atoms with E-state index >= 15 is 0 Å². The first-order valence-corrected chi connectivity index (χ1v) is 4.02. The molecule has 0 saturated heterocycles. The molecule has 0 fully saturated rings. The van der Waals surface area contributed by atoms with E-state index in [9.17, 15) is 4.79 Å². The van der Waals surface area contributed by atoms with Crippen LogP contribution >= 0.6 is 0 Å². The van der Waals surface area contributed by atoms with Crippen LogP contribution in [0.3, 0.4) is 0 Å². The molecule has 0 radical (unpaired) electrons. The summed E-state index contributed by atoms with van der Waals surface area (Å²) in [5.74, 6) is -0.975. The van der Waals surface area contributed by atoms with Gasteiger partial charge >= 0.3 is 5.97 Å². The Bertz CT molecular complexity index is 155. The summed E-state index contributed by atoms with van der Waals surface area (Å²) in [5.41, 5.74) is -1.01. The predicted molar refractivity (Wildman–Crippen MR) is 43.5 cm³/mol. The highest BCUT2D eigenvalue weighted by Crippen LogP contribution is 2.28. The van der Waals surface area contributed by atoms with E-state index in [-0.39, 0.29) is 6.42 Å². The van der Waals surface area contributed by atoms with E-state index in [2.05, 4.69) is 0 Å². The van der Waals surface area contributed by atoms with Gasteiger partial charge in [-0.2, -0.15) is 0 Å². The average Bonchev–Trinajstić information content (AvgIpc) is 1.85.